The van der Waals surface area contributed by atoms with E-state index in [1.807, 2.05) is 32.0 Å². The Hall–Kier alpha value is -3.34. The molecule has 0 fully saturated rings. The average molecular weight is 446 g/mol. The second kappa shape index (κ2) is 8.46. The molecule has 34 heavy (non-hydrogen) atoms. The molecule has 4 heteroatoms. The molecule has 0 atom stereocenters. The van der Waals surface area contributed by atoms with Crippen molar-refractivity contribution in [2.45, 2.75) is 38.9 Å². The molecule has 5 rings (SSSR count). The van der Waals surface area contributed by atoms with Gasteiger partial charge in [-0.15, -0.1) is 0 Å². The zero-order valence-electron chi connectivity index (χ0n) is 20.1. The van der Waals surface area contributed by atoms with Gasteiger partial charge in [0.1, 0.15) is 0 Å². The molecule has 0 unspecified atom stereocenters. The molecule has 0 aliphatic rings. The number of para-hydroxylation sites is 1. The number of rotatable bonds is 6. The van der Waals surface area contributed by atoms with Crippen molar-refractivity contribution in [2.75, 3.05) is 0 Å². The molecule has 0 amide bonds. The van der Waals surface area contributed by atoms with Crippen LogP contribution in [0.25, 0.3) is 38.6 Å². The van der Waals surface area contributed by atoms with Gasteiger partial charge in [-0.2, -0.15) is 0 Å². The first-order valence-electron chi connectivity index (χ1n) is 11.7. The third-order valence-corrected chi connectivity index (χ3v) is 6.87. The molecule has 1 radical (unpaired) electrons. The Morgan fingerprint density at radius 1 is 0.676 bits per heavy atom. The largest absolute Gasteiger partial charge is 0.427 e. The Bertz CT molecular complexity index is 1460. The van der Waals surface area contributed by atoms with E-state index in [1.54, 1.807) is 21.3 Å². The lowest BCUT2D eigenvalue weighted by Crippen LogP contribution is -2.49. The smallest absolute Gasteiger partial charge is 0.330 e. The van der Waals surface area contributed by atoms with Crippen molar-refractivity contribution in [3.8, 4) is 16.8 Å². The predicted molar refractivity (Wildman–Crippen MR) is 143 cm³/mol. The van der Waals surface area contributed by atoms with Crippen molar-refractivity contribution >= 4 is 34.8 Å². The lowest BCUT2D eigenvalue weighted by Gasteiger charge is -2.37. The van der Waals surface area contributed by atoms with E-state index >= 15 is 0 Å². The van der Waals surface area contributed by atoms with Crippen molar-refractivity contribution in [1.82, 2.24) is 4.57 Å². The zero-order valence-corrected chi connectivity index (χ0v) is 20.1. The van der Waals surface area contributed by atoms with Gasteiger partial charge in [-0.05, 0) is 69.2 Å². The van der Waals surface area contributed by atoms with Gasteiger partial charge in [0, 0.05) is 16.5 Å². The minimum absolute atomic E-state index is 0.719. The summed E-state index contributed by atoms with van der Waals surface area (Å²) in [6.45, 7) is 7.31. The summed E-state index contributed by atoms with van der Waals surface area (Å²) in [5.41, 5.74) is 5.07. The molecule has 4 aromatic carbocycles. The van der Waals surface area contributed by atoms with Gasteiger partial charge in [0.05, 0.1) is 22.2 Å². The fourth-order valence-electron chi connectivity index (χ4n) is 4.16. The predicted octanol–water partition coefficient (Wildman–Crippen LogP) is 6.26. The van der Waals surface area contributed by atoms with E-state index in [4.69, 9.17) is 4.65 Å². The fraction of sp³-hybridized carbons (Fsp3) is 0.200. The highest BCUT2D eigenvalue weighted by Crippen LogP contribution is 2.34. The van der Waals surface area contributed by atoms with E-state index in [0.29, 0.717) is 0 Å². The highest BCUT2D eigenvalue weighted by molar-refractivity contribution is 6.47. The van der Waals surface area contributed by atoms with Crippen LogP contribution < -0.4 is 5.46 Å². The van der Waals surface area contributed by atoms with Crippen molar-refractivity contribution in [3.05, 3.63) is 97.1 Å². The maximum atomic E-state index is 10.4. The van der Waals surface area contributed by atoms with Crippen LogP contribution in [-0.4, -0.2) is 28.4 Å². The van der Waals surface area contributed by atoms with E-state index in [-0.39, 0.29) is 0 Å². The van der Waals surface area contributed by atoms with Crippen LogP contribution in [0.5, 0.6) is 0 Å². The lowest BCUT2D eigenvalue weighted by molar-refractivity contribution is -0.0893. The molecule has 1 N–H and O–H groups in total. The maximum Gasteiger partial charge on any atom is 0.330 e. The lowest BCUT2D eigenvalue weighted by atomic mass is 9.82. The fourth-order valence-corrected chi connectivity index (χ4v) is 4.16. The molecule has 0 saturated carbocycles. The minimum Gasteiger partial charge on any atom is -0.427 e. The summed E-state index contributed by atoms with van der Waals surface area (Å²) in [5, 5.41) is 12.9. The molecule has 1 aromatic heterocycles. The Morgan fingerprint density at radius 3 is 2.15 bits per heavy atom. The van der Waals surface area contributed by atoms with Crippen molar-refractivity contribution in [3.63, 3.8) is 0 Å². The molecule has 0 aliphatic carbocycles. The van der Waals surface area contributed by atoms with Crippen molar-refractivity contribution in [2.24, 2.45) is 0 Å². The van der Waals surface area contributed by atoms with Crippen LogP contribution in [0.4, 0.5) is 0 Å². The summed E-state index contributed by atoms with van der Waals surface area (Å²) >= 11 is 0. The van der Waals surface area contributed by atoms with E-state index < -0.39 is 11.2 Å². The molecular formula is C30H29BNO2. The molecule has 0 spiro atoms. The number of fused-ring (bicyclic) bond motifs is 3. The van der Waals surface area contributed by atoms with Crippen LogP contribution >= 0.6 is 0 Å². The van der Waals surface area contributed by atoms with Crippen LogP contribution in [0.1, 0.15) is 27.7 Å². The maximum absolute atomic E-state index is 10.4. The van der Waals surface area contributed by atoms with E-state index in [0.717, 1.165) is 22.2 Å². The van der Waals surface area contributed by atoms with Gasteiger partial charge in [0.25, 0.3) is 0 Å². The van der Waals surface area contributed by atoms with Gasteiger partial charge in [-0.3, -0.25) is 0 Å². The Balaban J connectivity index is 1.59. The zero-order chi connectivity index (χ0) is 23.9. The second-order valence-corrected chi connectivity index (χ2v) is 9.85. The summed E-state index contributed by atoms with van der Waals surface area (Å²) in [7, 11) is 1.74. The number of aliphatic hydroxyl groups is 1. The van der Waals surface area contributed by atoms with Gasteiger partial charge in [-0.25, -0.2) is 0 Å². The second-order valence-electron chi connectivity index (χ2n) is 9.85. The molecule has 0 aliphatic heterocycles. The van der Waals surface area contributed by atoms with Crippen LogP contribution in [0, 0.1) is 0 Å². The third kappa shape index (κ3) is 4.04. The number of aromatic nitrogens is 1. The molecule has 1 heterocycles. The van der Waals surface area contributed by atoms with Gasteiger partial charge >= 0.3 is 7.48 Å². The van der Waals surface area contributed by atoms with E-state index in [2.05, 4.69) is 83.4 Å². The Labute approximate surface area is 201 Å². The van der Waals surface area contributed by atoms with Gasteiger partial charge in [-0.1, -0.05) is 72.2 Å². The molecule has 0 saturated heterocycles. The van der Waals surface area contributed by atoms with Crippen LogP contribution in [0.3, 0.4) is 0 Å². The first-order valence-corrected chi connectivity index (χ1v) is 11.7. The number of nitrogens with zero attached hydrogens (tertiary/aromatic N) is 1. The monoisotopic (exact) mass is 446 g/mol. The number of hydrogen-bond acceptors (Lipinski definition) is 2. The highest BCUT2D eigenvalue weighted by Gasteiger charge is 2.35. The number of hydrogen-bond donors (Lipinski definition) is 1. The summed E-state index contributed by atoms with van der Waals surface area (Å²) in [5.74, 6) is 0. The van der Waals surface area contributed by atoms with Gasteiger partial charge in [0.2, 0.25) is 0 Å². The van der Waals surface area contributed by atoms with Crippen LogP contribution in [-0.2, 0) is 4.65 Å². The van der Waals surface area contributed by atoms with Gasteiger partial charge < -0.3 is 14.3 Å². The summed E-state index contributed by atoms with van der Waals surface area (Å²) in [6, 6.07) is 34.0. The first-order chi connectivity index (χ1) is 16.2. The van der Waals surface area contributed by atoms with Crippen LogP contribution in [0.15, 0.2) is 97.1 Å². The SMILES string of the molecule is CC(C)(O)C(C)(C)O[B]c1cccc(-n2c3ccccc3c3cc(-c4ccccc4)ccc32)c1. The summed E-state index contributed by atoms with van der Waals surface area (Å²) in [6.07, 6.45) is 0. The number of benzene rings is 4. The molecule has 3 nitrogen and oxygen atoms in total. The Kier molecular flexibility index (Phi) is 5.59. The summed E-state index contributed by atoms with van der Waals surface area (Å²) < 4.78 is 8.31. The van der Waals surface area contributed by atoms with Crippen molar-refractivity contribution < 1.29 is 9.76 Å². The molecule has 5 aromatic rings. The average Bonchev–Trinajstić information content (AvgIpc) is 3.17. The first kappa shape index (κ1) is 22.5. The van der Waals surface area contributed by atoms with Crippen molar-refractivity contribution in [1.29, 1.82) is 0 Å². The Morgan fingerprint density at radius 2 is 1.38 bits per heavy atom. The van der Waals surface area contributed by atoms with Gasteiger partial charge in [0.15, 0.2) is 0 Å². The molecular weight excluding hydrogens is 417 g/mol. The quantitative estimate of drug-likeness (QED) is 0.313. The molecule has 169 valence electrons. The summed E-state index contributed by atoms with van der Waals surface area (Å²) in [4.78, 5) is 0. The normalized spacial score (nSPS) is 12.4. The van der Waals surface area contributed by atoms with E-state index in [9.17, 15) is 5.11 Å². The third-order valence-electron chi connectivity index (χ3n) is 6.87. The molecule has 0 bridgehead atoms. The van der Waals surface area contributed by atoms with E-state index in [1.165, 1.54) is 21.9 Å². The highest BCUT2D eigenvalue weighted by atomic mass is 16.5. The van der Waals surface area contributed by atoms with Crippen LogP contribution in [0.2, 0.25) is 0 Å². The minimum atomic E-state index is -0.968. The standard InChI is InChI=1S/C30H29BNO2/c1-29(2,33)30(3,4)34-31-23-13-10-14-24(20-23)32-27-16-9-8-15-25(27)26-19-22(17-18-28(26)32)21-11-6-5-7-12-21/h5-20,33H,1-4H3. The topological polar surface area (TPSA) is 34.4 Å².